The van der Waals surface area contributed by atoms with Crippen molar-refractivity contribution < 1.29 is 4.42 Å². The maximum Gasteiger partial charge on any atom is 0.159 e. The van der Waals surface area contributed by atoms with Crippen molar-refractivity contribution in [2.45, 2.75) is 90.9 Å². The molecule has 0 aliphatic heterocycles. The Labute approximate surface area is 309 Å². The number of furan rings is 1. The maximum atomic E-state index is 7.21. The Hall–Kier alpha value is -5.08. The molecule has 1 heterocycles. The molecule has 7 aromatic rings. The molecule has 9 rings (SSSR count). The van der Waals surface area contributed by atoms with E-state index in [-0.39, 0.29) is 21.7 Å². The van der Waals surface area contributed by atoms with Gasteiger partial charge in [-0.1, -0.05) is 154 Å². The number of rotatable bonds is 3. The second-order valence-corrected chi connectivity index (χ2v) is 18.3. The van der Waals surface area contributed by atoms with Crippen molar-refractivity contribution in [2.24, 2.45) is 0 Å². The van der Waals surface area contributed by atoms with Gasteiger partial charge in [0.25, 0.3) is 0 Å². The second kappa shape index (κ2) is 10.7. The van der Waals surface area contributed by atoms with Crippen LogP contribution in [-0.4, -0.2) is 0 Å². The summed E-state index contributed by atoms with van der Waals surface area (Å²) >= 11 is 0. The standard InChI is InChI=1S/C50H49NO/c1-47(2,3)30-27-37-36-20-16-24-43(46(36)52-45(37)41(28-30)48(4,5)6)51(31-25-26-34-32-17-11-13-21-38(32)49(7,8)40(34)29-31)42-23-15-19-35-33-18-12-14-22-39(33)50(9,10)44(35)42/h11-29H,1-10H3. The molecule has 2 heteroatoms. The minimum Gasteiger partial charge on any atom is -0.454 e. The molecular formula is C50H49NO. The zero-order valence-corrected chi connectivity index (χ0v) is 32.3. The van der Waals surface area contributed by atoms with E-state index in [4.69, 9.17) is 4.42 Å². The number of hydrogen-bond donors (Lipinski definition) is 0. The molecule has 0 unspecified atom stereocenters. The van der Waals surface area contributed by atoms with E-state index < -0.39 is 0 Å². The quantitative estimate of drug-likeness (QED) is 0.185. The topological polar surface area (TPSA) is 16.4 Å². The fourth-order valence-electron chi connectivity index (χ4n) is 9.30. The van der Waals surface area contributed by atoms with Gasteiger partial charge in [-0.15, -0.1) is 0 Å². The summed E-state index contributed by atoms with van der Waals surface area (Å²) in [5.41, 5.74) is 18.2. The predicted octanol–water partition coefficient (Wildman–Crippen LogP) is 14.3. The second-order valence-electron chi connectivity index (χ2n) is 18.3. The van der Waals surface area contributed by atoms with Crippen molar-refractivity contribution in [3.05, 3.63) is 149 Å². The molecule has 2 nitrogen and oxygen atoms in total. The first-order valence-corrected chi connectivity index (χ1v) is 18.9. The van der Waals surface area contributed by atoms with E-state index in [1.165, 1.54) is 66.7 Å². The van der Waals surface area contributed by atoms with Crippen LogP contribution in [0.2, 0.25) is 0 Å². The lowest BCUT2D eigenvalue weighted by molar-refractivity contribution is 0.559. The third kappa shape index (κ3) is 4.56. The summed E-state index contributed by atoms with van der Waals surface area (Å²) in [7, 11) is 0. The lowest BCUT2D eigenvalue weighted by Gasteiger charge is -2.33. The molecule has 2 aliphatic rings. The van der Waals surface area contributed by atoms with Gasteiger partial charge in [0.15, 0.2) is 5.58 Å². The first-order chi connectivity index (χ1) is 24.6. The summed E-state index contributed by atoms with van der Waals surface area (Å²) < 4.78 is 7.21. The number of fused-ring (bicyclic) bond motifs is 9. The average Bonchev–Trinajstić information content (AvgIpc) is 3.68. The SMILES string of the molecule is CC(C)(C)c1cc(C(C)(C)C)c2oc3c(N(c4ccc5c(c4)C(C)(C)c4ccccc4-5)c4cccc5c4C(C)(C)c4ccccc4-5)cccc3c2c1. The molecule has 52 heavy (non-hydrogen) atoms. The number of benzene rings is 6. The Morgan fingerprint density at radius 3 is 1.77 bits per heavy atom. The summed E-state index contributed by atoms with van der Waals surface area (Å²) in [6.07, 6.45) is 0. The molecule has 0 N–H and O–H groups in total. The van der Waals surface area contributed by atoms with Gasteiger partial charge in [-0.3, -0.25) is 0 Å². The minimum absolute atomic E-state index is 0.00140. The van der Waals surface area contributed by atoms with Crippen molar-refractivity contribution in [1.82, 2.24) is 0 Å². The highest BCUT2D eigenvalue weighted by molar-refractivity contribution is 6.12. The zero-order chi connectivity index (χ0) is 36.5. The number of hydrogen-bond acceptors (Lipinski definition) is 2. The van der Waals surface area contributed by atoms with E-state index >= 15 is 0 Å². The van der Waals surface area contributed by atoms with E-state index in [1.54, 1.807) is 0 Å². The van der Waals surface area contributed by atoms with Gasteiger partial charge in [0.05, 0.1) is 11.4 Å². The lowest BCUT2D eigenvalue weighted by atomic mass is 9.79. The van der Waals surface area contributed by atoms with Gasteiger partial charge in [-0.2, -0.15) is 0 Å². The van der Waals surface area contributed by atoms with Gasteiger partial charge in [0.2, 0.25) is 0 Å². The molecule has 0 fully saturated rings. The van der Waals surface area contributed by atoms with Gasteiger partial charge in [-0.25, -0.2) is 0 Å². The largest absolute Gasteiger partial charge is 0.454 e. The van der Waals surface area contributed by atoms with Crippen molar-refractivity contribution >= 4 is 39.0 Å². The Bertz CT molecular complexity index is 2600. The van der Waals surface area contributed by atoms with Crippen LogP contribution in [0, 0.1) is 0 Å². The molecule has 0 atom stereocenters. The van der Waals surface area contributed by atoms with Crippen LogP contribution in [-0.2, 0) is 21.7 Å². The fourth-order valence-corrected chi connectivity index (χ4v) is 9.30. The highest BCUT2D eigenvalue weighted by Crippen LogP contribution is 2.56. The van der Waals surface area contributed by atoms with Crippen LogP contribution in [0.15, 0.2) is 120 Å². The van der Waals surface area contributed by atoms with Crippen molar-refractivity contribution in [3.8, 4) is 22.3 Å². The van der Waals surface area contributed by atoms with Crippen LogP contribution >= 0.6 is 0 Å². The molecule has 0 bridgehead atoms. The van der Waals surface area contributed by atoms with E-state index in [0.29, 0.717) is 0 Å². The molecule has 0 radical (unpaired) electrons. The third-order valence-corrected chi connectivity index (χ3v) is 12.1. The Balaban J connectivity index is 1.37. The Morgan fingerprint density at radius 2 is 1.08 bits per heavy atom. The number of nitrogens with zero attached hydrogens (tertiary/aromatic N) is 1. The highest BCUT2D eigenvalue weighted by Gasteiger charge is 2.40. The Morgan fingerprint density at radius 1 is 0.481 bits per heavy atom. The number of anilines is 3. The predicted molar refractivity (Wildman–Crippen MR) is 221 cm³/mol. The van der Waals surface area contributed by atoms with E-state index in [9.17, 15) is 0 Å². The van der Waals surface area contributed by atoms with Crippen LogP contribution in [0.4, 0.5) is 17.1 Å². The van der Waals surface area contributed by atoms with Crippen molar-refractivity contribution in [2.75, 3.05) is 4.90 Å². The molecular weight excluding hydrogens is 631 g/mol. The highest BCUT2D eigenvalue weighted by atomic mass is 16.3. The molecule has 2 aliphatic carbocycles. The first-order valence-electron chi connectivity index (χ1n) is 18.9. The average molecular weight is 680 g/mol. The van der Waals surface area contributed by atoms with Crippen LogP contribution in [0.5, 0.6) is 0 Å². The van der Waals surface area contributed by atoms with Crippen LogP contribution in [0.25, 0.3) is 44.2 Å². The Kier molecular flexibility index (Phi) is 6.77. The molecule has 0 spiro atoms. The van der Waals surface area contributed by atoms with Crippen molar-refractivity contribution in [1.29, 1.82) is 0 Å². The van der Waals surface area contributed by atoms with Crippen LogP contribution < -0.4 is 4.90 Å². The van der Waals surface area contributed by atoms with Crippen molar-refractivity contribution in [3.63, 3.8) is 0 Å². The normalized spacial score (nSPS) is 15.4. The zero-order valence-electron chi connectivity index (χ0n) is 32.3. The molecule has 0 saturated heterocycles. The molecule has 1 aromatic heterocycles. The van der Waals surface area contributed by atoms with Gasteiger partial charge >= 0.3 is 0 Å². The minimum atomic E-state index is -0.199. The summed E-state index contributed by atoms with van der Waals surface area (Å²) in [4.78, 5) is 2.50. The smallest absolute Gasteiger partial charge is 0.159 e. The van der Waals surface area contributed by atoms with Gasteiger partial charge in [0, 0.05) is 32.9 Å². The summed E-state index contributed by atoms with van der Waals surface area (Å²) in [5.74, 6) is 0. The molecule has 0 amide bonds. The summed E-state index contributed by atoms with van der Waals surface area (Å²) in [6, 6.07) is 43.3. The monoisotopic (exact) mass is 679 g/mol. The van der Waals surface area contributed by atoms with Gasteiger partial charge in [0.1, 0.15) is 5.58 Å². The number of para-hydroxylation sites is 1. The van der Waals surface area contributed by atoms with E-state index in [2.05, 4.69) is 189 Å². The van der Waals surface area contributed by atoms with Gasteiger partial charge in [-0.05, 0) is 91.2 Å². The van der Waals surface area contributed by atoms with Gasteiger partial charge < -0.3 is 9.32 Å². The van der Waals surface area contributed by atoms with E-state index in [1.807, 2.05) is 0 Å². The van der Waals surface area contributed by atoms with Crippen LogP contribution in [0.3, 0.4) is 0 Å². The first kappa shape index (κ1) is 32.8. The summed E-state index contributed by atoms with van der Waals surface area (Å²) in [6.45, 7) is 23.3. The molecule has 6 aromatic carbocycles. The van der Waals surface area contributed by atoms with Crippen LogP contribution in [0.1, 0.15) is 103 Å². The summed E-state index contributed by atoms with van der Waals surface area (Å²) in [5, 5.41) is 2.34. The maximum absolute atomic E-state index is 7.21. The third-order valence-electron chi connectivity index (χ3n) is 12.1. The molecule has 260 valence electrons. The van der Waals surface area contributed by atoms with E-state index in [0.717, 1.165) is 27.9 Å². The molecule has 0 saturated carbocycles. The fraction of sp³-hybridized carbons (Fsp3) is 0.280. The lowest BCUT2D eigenvalue weighted by Crippen LogP contribution is -2.21.